The highest BCUT2D eigenvalue weighted by molar-refractivity contribution is 5.82. The summed E-state index contributed by atoms with van der Waals surface area (Å²) in [5.41, 5.74) is 7.05. The molecule has 3 N–H and O–H groups in total. The van der Waals surface area contributed by atoms with Gasteiger partial charge >= 0.3 is 0 Å². The molecule has 0 saturated carbocycles. The van der Waals surface area contributed by atoms with Gasteiger partial charge in [-0.3, -0.25) is 4.79 Å². The number of benzene rings is 1. The van der Waals surface area contributed by atoms with Gasteiger partial charge in [0.05, 0.1) is 25.3 Å². The first-order valence-electron chi connectivity index (χ1n) is 8.06. The SMILES string of the molecule is CC(C)[C@H]1COC/C=C/COc2ccc(cc2)C[C@@H](N)C(=O)N1. The zero-order valence-electron chi connectivity index (χ0n) is 13.8. The van der Waals surface area contributed by atoms with E-state index in [-0.39, 0.29) is 17.9 Å². The largest absolute Gasteiger partial charge is 0.490 e. The van der Waals surface area contributed by atoms with Gasteiger partial charge in [-0.25, -0.2) is 0 Å². The molecular formula is C18H26N2O3. The molecule has 126 valence electrons. The Morgan fingerprint density at radius 2 is 1.87 bits per heavy atom. The van der Waals surface area contributed by atoms with Crippen molar-refractivity contribution in [1.29, 1.82) is 0 Å². The topological polar surface area (TPSA) is 73.6 Å². The first-order valence-corrected chi connectivity index (χ1v) is 8.06. The highest BCUT2D eigenvalue weighted by Gasteiger charge is 2.21. The Kier molecular flexibility index (Phi) is 6.62. The Morgan fingerprint density at radius 1 is 1.17 bits per heavy atom. The molecule has 23 heavy (non-hydrogen) atoms. The van der Waals surface area contributed by atoms with E-state index in [1.165, 1.54) is 0 Å². The van der Waals surface area contributed by atoms with Crippen LogP contribution in [0.5, 0.6) is 5.75 Å². The van der Waals surface area contributed by atoms with Crippen LogP contribution in [0.2, 0.25) is 0 Å². The van der Waals surface area contributed by atoms with E-state index in [9.17, 15) is 4.79 Å². The Bertz CT molecular complexity index is 526. The second kappa shape index (κ2) is 8.70. The molecule has 0 aromatic heterocycles. The van der Waals surface area contributed by atoms with Crippen molar-refractivity contribution >= 4 is 5.91 Å². The minimum Gasteiger partial charge on any atom is -0.490 e. The monoisotopic (exact) mass is 318 g/mol. The number of hydrogen-bond acceptors (Lipinski definition) is 4. The molecule has 0 saturated heterocycles. The zero-order chi connectivity index (χ0) is 16.7. The summed E-state index contributed by atoms with van der Waals surface area (Å²) in [7, 11) is 0. The second-order valence-electron chi connectivity index (χ2n) is 6.13. The maximum absolute atomic E-state index is 12.3. The third-order valence-electron chi connectivity index (χ3n) is 3.87. The van der Waals surface area contributed by atoms with Gasteiger partial charge < -0.3 is 20.5 Å². The fourth-order valence-electron chi connectivity index (χ4n) is 2.30. The number of amides is 1. The Balaban J connectivity index is 2.11. The predicted molar refractivity (Wildman–Crippen MR) is 90.3 cm³/mol. The van der Waals surface area contributed by atoms with Gasteiger partial charge in [0.25, 0.3) is 0 Å². The molecule has 2 aliphatic rings. The van der Waals surface area contributed by atoms with Crippen LogP contribution in [0.3, 0.4) is 0 Å². The lowest BCUT2D eigenvalue weighted by molar-refractivity contribution is -0.123. The summed E-state index contributed by atoms with van der Waals surface area (Å²) < 4.78 is 11.2. The fourth-order valence-corrected chi connectivity index (χ4v) is 2.30. The number of carbonyl (C=O) groups is 1. The minimum atomic E-state index is -0.573. The molecule has 0 fully saturated rings. The van der Waals surface area contributed by atoms with E-state index in [0.29, 0.717) is 26.2 Å². The zero-order valence-corrected chi connectivity index (χ0v) is 13.8. The van der Waals surface area contributed by atoms with Crippen molar-refractivity contribution in [3.63, 3.8) is 0 Å². The van der Waals surface area contributed by atoms with E-state index in [1.807, 2.05) is 36.4 Å². The molecule has 1 amide bonds. The molecule has 1 aromatic carbocycles. The molecule has 2 heterocycles. The van der Waals surface area contributed by atoms with Crippen LogP contribution < -0.4 is 15.8 Å². The molecule has 5 nitrogen and oxygen atoms in total. The van der Waals surface area contributed by atoms with Gasteiger partial charge in [-0.15, -0.1) is 0 Å². The number of nitrogens with one attached hydrogen (secondary N) is 1. The van der Waals surface area contributed by atoms with E-state index in [1.54, 1.807) is 0 Å². The van der Waals surface area contributed by atoms with E-state index < -0.39 is 6.04 Å². The normalized spacial score (nSPS) is 25.0. The van der Waals surface area contributed by atoms with Crippen LogP contribution in [0, 0.1) is 5.92 Å². The summed E-state index contributed by atoms with van der Waals surface area (Å²) in [4.78, 5) is 12.3. The van der Waals surface area contributed by atoms with Gasteiger partial charge in [0.2, 0.25) is 5.91 Å². The van der Waals surface area contributed by atoms with Crippen LogP contribution >= 0.6 is 0 Å². The summed E-state index contributed by atoms with van der Waals surface area (Å²) in [6.07, 6.45) is 4.35. The molecule has 0 spiro atoms. The van der Waals surface area contributed by atoms with Gasteiger partial charge in [0.1, 0.15) is 12.4 Å². The Morgan fingerprint density at radius 3 is 2.57 bits per heavy atom. The van der Waals surface area contributed by atoms with Crippen molar-refractivity contribution < 1.29 is 14.3 Å². The van der Waals surface area contributed by atoms with Gasteiger partial charge in [0, 0.05) is 0 Å². The average molecular weight is 318 g/mol. The first-order chi connectivity index (χ1) is 11.1. The van der Waals surface area contributed by atoms with E-state index in [2.05, 4.69) is 19.2 Å². The highest BCUT2D eigenvalue weighted by atomic mass is 16.5. The van der Waals surface area contributed by atoms with Crippen LogP contribution in [0.25, 0.3) is 0 Å². The number of ether oxygens (including phenoxy) is 2. The average Bonchev–Trinajstić information content (AvgIpc) is 2.53. The Labute approximate surface area is 137 Å². The summed E-state index contributed by atoms with van der Waals surface area (Å²) in [6.45, 7) is 5.58. The number of hydrogen-bond donors (Lipinski definition) is 2. The lowest BCUT2D eigenvalue weighted by Crippen LogP contribution is -2.49. The number of fused-ring (bicyclic) bond motifs is 12. The maximum Gasteiger partial charge on any atom is 0.237 e. The van der Waals surface area contributed by atoms with Crippen LogP contribution in [-0.2, 0) is 16.0 Å². The summed E-state index contributed by atoms with van der Waals surface area (Å²) in [5, 5.41) is 3.00. The van der Waals surface area contributed by atoms with E-state index in [0.717, 1.165) is 11.3 Å². The van der Waals surface area contributed by atoms with Crippen molar-refractivity contribution in [2.45, 2.75) is 32.4 Å². The molecule has 0 aliphatic carbocycles. The summed E-state index contributed by atoms with van der Waals surface area (Å²) >= 11 is 0. The molecule has 5 heteroatoms. The minimum absolute atomic E-state index is 0.0477. The van der Waals surface area contributed by atoms with Crippen molar-refractivity contribution in [3.8, 4) is 5.75 Å². The van der Waals surface area contributed by atoms with Crippen molar-refractivity contribution in [3.05, 3.63) is 42.0 Å². The standard InChI is InChI=1S/C18H26N2O3/c1-13(2)17-12-22-9-3-4-10-23-15-7-5-14(6-8-15)11-16(19)18(21)20-17/h3-8,13,16-17H,9-12,19H2,1-2H3,(H,20,21)/b4-3+/t16-,17-/m1/s1. The van der Waals surface area contributed by atoms with Crippen LogP contribution in [-0.4, -0.2) is 37.8 Å². The lowest BCUT2D eigenvalue weighted by atomic mass is 10.0. The van der Waals surface area contributed by atoms with Gasteiger partial charge in [-0.2, -0.15) is 0 Å². The fraction of sp³-hybridized carbons (Fsp3) is 0.500. The van der Waals surface area contributed by atoms with Gasteiger partial charge in [0.15, 0.2) is 0 Å². The first kappa shape index (κ1) is 17.5. The van der Waals surface area contributed by atoms with Crippen LogP contribution in [0.15, 0.2) is 36.4 Å². The third-order valence-corrected chi connectivity index (χ3v) is 3.87. The second-order valence-corrected chi connectivity index (χ2v) is 6.13. The predicted octanol–water partition coefficient (Wildman–Crippen LogP) is 1.66. The van der Waals surface area contributed by atoms with Crippen LogP contribution in [0.4, 0.5) is 0 Å². The molecule has 3 rings (SSSR count). The third kappa shape index (κ3) is 5.69. The van der Waals surface area contributed by atoms with Crippen LogP contribution in [0.1, 0.15) is 19.4 Å². The van der Waals surface area contributed by atoms with E-state index >= 15 is 0 Å². The van der Waals surface area contributed by atoms with E-state index in [4.69, 9.17) is 15.2 Å². The number of carbonyl (C=O) groups excluding carboxylic acids is 1. The maximum atomic E-state index is 12.3. The van der Waals surface area contributed by atoms with Gasteiger partial charge in [-0.05, 0) is 36.1 Å². The number of rotatable bonds is 1. The van der Waals surface area contributed by atoms with Crippen molar-refractivity contribution in [2.24, 2.45) is 11.7 Å². The quantitative estimate of drug-likeness (QED) is 0.773. The summed E-state index contributed by atoms with van der Waals surface area (Å²) in [6, 6.07) is 7.06. The van der Waals surface area contributed by atoms with Gasteiger partial charge in [-0.1, -0.05) is 32.1 Å². The lowest BCUT2D eigenvalue weighted by Gasteiger charge is -2.24. The van der Waals surface area contributed by atoms with Crippen molar-refractivity contribution in [1.82, 2.24) is 5.32 Å². The molecule has 2 aliphatic heterocycles. The molecule has 0 radical (unpaired) electrons. The molecule has 2 bridgehead atoms. The highest BCUT2D eigenvalue weighted by Crippen LogP contribution is 2.14. The Hall–Kier alpha value is -1.85. The molecule has 0 unspecified atom stereocenters. The molecular weight excluding hydrogens is 292 g/mol. The molecule has 2 atom stereocenters. The number of nitrogens with two attached hydrogens (primary N) is 1. The molecule has 1 aromatic rings. The summed E-state index contributed by atoms with van der Waals surface area (Å²) in [5.74, 6) is 0.927. The smallest absolute Gasteiger partial charge is 0.237 e. The van der Waals surface area contributed by atoms with Crippen molar-refractivity contribution in [2.75, 3.05) is 19.8 Å².